The fraction of sp³-hybridized carbons (Fsp3) is 0.355. The number of aryl methyl sites for hydroxylation is 1. The van der Waals surface area contributed by atoms with Crippen LogP contribution in [0.1, 0.15) is 61.6 Å². The molecule has 0 heterocycles. The number of aliphatic imine (C=N–C) groups is 1. The highest BCUT2D eigenvalue weighted by molar-refractivity contribution is 5.97. The van der Waals surface area contributed by atoms with E-state index in [1.165, 1.54) is 7.11 Å². The molecule has 0 saturated carbocycles. The summed E-state index contributed by atoms with van der Waals surface area (Å²) in [6.07, 6.45) is 9.75. The number of phenols is 2. The Morgan fingerprint density at radius 1 is 1.05 bits per heavy atom. The number of ketones is 1. The van der Waals surface area contributed by atoms with Crippen LogP contribution in [-0.2, 0) is 17.6 Å². The van der Waals surface area contributed by atoms with Gasteiger partial charge < -0.3 is 26.4 Å². The third-order valence-corrected chi connectivity index (χ3v) is 6.63. The van der Waals surface area contributed by atoms with Gasteiger partial charge in [-0.3, -0.25) is 9.79 Å². The van der Waals surface area contributed by atoms with Crippen LogP contribution in [0.4, 0.5) is 0 Å². The molecular weight excluding hydrogens is 478 g/mol. The molecule has 6 N–H and O–H groups in total. The Kier molecular flexibility index (Phi) is 10.6. The molecule has 7 heteroatoms. The third kappa shape index (κ3) is 8.00. The first-order valence-corrected chi connectivity index (χ1v) is 13.2. The number of phenolic OH excluding ortho intramolecular Hbond substituents is 2. The van der Waals surface area contributed by atoms with Gasteiger partial charge in [0.25, 0.3) is 0 Å². The summed E-state index contributed by atoms with van der Waals surface area (Å²) in [5.74, 6) is 0.264. The Bertz CT molecular complexity index is 1300. The van der Waals surface area contributed by atoms with Gasteiger partial charge in [0.2, 0.25) is 0 Å². The van der Waals surface area contributed by atoms with E-state index in [1.807, 2.05) is 30.3 Å². The molecule has 0 spiro atoms. The zero-order chi connectivity index (χ0) is 27.5. The van der Waals surface area contributed by atoms with Crippen LogP contribution in [0, 0.1) is 0 Å². The fourth-order valence-electron chi connectivity index (χ4n) is 4.65. The van der Waals surface area contributed by atoms with Crippen LogP contribution in [0.2, 0.25) is 0 Å². The van der Waals surface area contributed by atoms with Crippen LogP contribution in [0.5, 0.6) is 17.2 Å². The fourth-order valence-corrected chi connectivity index (χ4v) is 4.65. The summed E-state index contributed by atoms with van der Waals surface area (Å²) in [7, 11) is 1.51. The van der Waals surface area contributed by atoms with Gasteiger partial charge in [0, 0.05) is 6.54 Å². The van der Waals surface area contributed by atoms with E-state index in [9.17, 15) is 15.0 Å². The summed E-state index contributed by atoms with van der Waals surface area (Å²) < 4.78 is 5.27. The number of allylic oxidation sites excluding steroid dienone is 2. The van der Waals surface area contributed by atoms with Crippen molar-refractivity contribution < 1.29 is 19.7 Å². The van der Waals surface area contributed by atoms with Gasteiger partial charge in [-0.1, -0.05) is 50.1 Å². The van der Waals surface area contributed by atoms with E-state index < -0.39 is 5.92 Å². The van der Waals surface area contributed by atoms with Crippen molar-refractivity contribution in [2.75, 3.05) is 13.7 Å². The molecule has 0 fully saturated rings. The quantitative estimate of drug-likeness (QED) is 0.0967. The van der Waals surface area contributed by atoms with Crippen LogP contribution < -0.4 is 16.2 Å². The smallest absolute Gasteiger partial charge is 0.185 e. The van der Waals surface area contributed by atoms with Crippen LogP contribution in [-0.4, -0.2) is 35.6 Å². The van der Waals surface area contributed by atoms with Gasteiger partial charge in [-0.25, -0.2) is 0 Å². The molecule has 0 aromatic heterocycles. The zero-order valence-corrected chi connectivity index (χ0v) is 22.3. The van der Waals surface area contributed by atoms with Crippen LogP contribution in [0.3, 0.4) is 0 Å². The van der Waals surface area contributed by atoms with Crippen molar-refractivity contribution in [1.82, 2.24) is 0 Å². The minimum Gasteiger partial charge on any atom is -0.508 e. The monoisotopic (exact) mass is 517 g/mol. The molecular formula is C31H39N3O4. The third-order valence-electron chi connectivity index (χ3n) is 6.63. The van der Waals surface area contributed by atoms with Crippen LogP contribution in [0.25, 0.3) is 10.8 Å². The lowest BCUT2D eigenvalue weighted by Gasteiger charge is -2.17. The van der Waals surface area contributed by atoms with Crippen molar-refractivity contribution in [3.8, 4) is 17.2 Å². The van der Waals surface area contributed by atoms with Crippen LogP contribution >= 0.6 is 0 Å². The maximum absolute atomic E-state index is 13.5. The predicted octanol–water partition coefficient (Wildman–Crippen LogP) is 5.50. The summed E-state index contributed by atoms with van der Waals surface area (Å²) in [6, 6.07) is 14.6. The number of aromatic hydroxyl groups is 2. The van der Waals surface area contributed by atoms with Crippen molar-refractivity contribution in [2.24, 2.45) is 16.5 Å². The zero-order valence-electron chi connectivity index (χ0n) is 22.3. The Morgan fingerprint density at radius 2 is 1.87 bits per heavy atom. The summed E-state index contributed by atoms with van der Waals surface area (Å²) in [4.78, 5) is 17.5. The first kappa shape index (κ1) is 28.6. The van der Waals surface area contributed by atoms with Gasteiger partial charge in [-0.05, 0) is 89.9 Å². The lowest BCUT2D eigenvalue weighted by atomic mass is 9.86. The largest absolute Gasteiger partial charge is 0.508 e. The number of hydrogen-bond donors (Lipinski definition) is 4. The average Bonchev–Trinajstić information content (AvgIpc) is 2.89. The molecule has 202 valence electrons. The highest BCUT2D eigenvalue weighted by atomic mass is 16.5. The van der Waals surface area contributed by atoms with Crippen molar-refractivity contribution in [3.05, 3.63) is 77.4 Å². The molecule has 0 radical (unpaired) electrons. The maximum Gasteiger partial charge on any atom is 0.185 e. The Hall–Kier alpha value is -4.00. The van der Waals surface area contributed by atoms with E-state index in [1.54, 1.807) is 30.3 Å². The first-order valence-electron chi connectivity index (χ1n) is 13.2. The van der Waals surface area contributed by atoms with E-state index in [4.69, 9.17) is 16.2 Å². The molecule has 3 aromatic rings. The molecule has 0 aliphatic carbocycles. The number of rotatable bonds is 14. The molecule has 38 heavy (non-hydrogen) atoms. The number of hydrogen-bond acceptors (Lipinski definition) is 5. The number of guanidine groups is 1. The second kappa shape index (κ2) is 14.1. The normalized spacial score (nSPS) is 12.1. The number of carbonyl (C=O) groups is 1. The Balaban J connectivity index is 1.94. The number of nitrogens with two attached hydrogens (primary N) is 2. The van der Waals surface area contributed by atoms with Gasteiger partial charge >= 0.3 is 0 Å². The number of ether oxygens (including phenoxy) is 1. The maximum atomic E-state index is 13.5. The molecule has 0 amide bonds. The van der Waals surface area contributed by atoms with Crippen molar-refractivity contribution in [2.45, 2.75) is 57.8 Å². The number of benzene rings is 3. The summed E-state index contributed by atoms with van der Waals surface area (Å²) in [5.41, 5.74) is 13.6. The van der Waals surface area contributed by atoms with E-state index in [0.717, 1.165) is 59.6 Å². The number of carbonyl (C=O) groups excluding carboxylic acids is 1. The van der Waals surface area contributed by atoms with Crippen molar-refractivity contribution in [3.63, 3.8) is 0 Å². The van der Waals surface area contributed by atoms with Crippen LogP contribution in [0.15, 0.2) is 65.7 Å². The molecule has 0 aliphatic rings. The van der Waals surface area contributed by atoms with Gasteiger partial charge in [0.15, 0.2) is 23.2 Å². The second-order valence-corrected chi connectivity index (χ2v) is 9.56. The van der Waals surface area contributed by atoms with Gasteiger partial charge in [-0.2, -0.15) is 0 Å². The molecule has 1 atom stereocenters. The van der Waals surface area contributed by atoms with Gasteiger partial charge in [0.1, 0.15) is 5.75 Å². The topological polar surface area (TPSA) is 131 Å². The minimum atomic E-state index is -0.427. The molecule has 0 bridgehead atoms. The molecule has 0 saturated heterocycles. The highest BCUT2D eigenvalue weighted by Gasteiger charge is 2.21. The average molecular weight is 518 g/mol. The SMILES string of the molecule is CCCCC/C=C/C(=O)[C@H](Cc1ccc(O)c(OC)c1)c1ccc2c(CCCN=C(N)N)cc(O)cc2c1. The number of methoxy groups -OCH3 is 1. The number of fused-ring (bicyclic) bond motifs is 1. The molecule has 7 nitrogen and oxygen atoms in total. The summed E-state index contributed by atoms with van der Waals surface area (Å²) in [6.45, 7) is 2.67. The molecule has 0 aliphatic heterocycles. The highest BCUT2D eigenvalue weighted by Crippen LogP contribution is 2.33. The molecule has 3 aromatic carbocycles. The molecule has 3 rings (SSSR count). The van der Waals surface area contributed by atoms with E-state index in [-0.39, 0.29) is 23.2 Å². The van der Waals surface area contributed by atoms with Crippen molar-refractivity contribution in [1.29, 1.82) is 0 Å². The lowest BCUT2D eigenvalue weighted by molar-refractivity contribution is -0.116. The first-order chi connectivity index (χ1) is 18.3. The second-order valence-electron chi connectivity index (χ2n) is 9.56. The van der Waals surface area contributed by atoms with Crippen molar-refractivity contribution >= 4 is 22.5 Å². The standard InChI is InChI=1S/C31H39N3O4/c1-3-4-5-6-7-10-28(36)27(16-21-11-14-29(37)30(17-21)38-2)23-12-13-26-22(9-8-15-34-31(32)33)19-25(35)20-24(26)18-23/h7,10-14,17-20,27,35,37H,3-6,8-9,15-16H2,1-2H3,(H4,32,33,34)/b10-7+/t27-/m1/s1. The minimum absolute atomic E-state index is 0.0190. The van der Waals surface area contributed by atoms with Gasteiger partial charge in [0.05, 0.1) is 13.0 Å². The van der Waals surface area contributed by atoms with E-state index in [0.29, 0.717) is 25.1 Å². The number of nitrogens with zero attached hydrogens (tertiary/aromatic N) is 1. The summed E-state index contributed by atoms with van der Waals surface area (Å²) >= 11 is 0. The Labute approximate surface area is 224 Å². The summed E-state index contributed by atoms with van der Waals surface area (Å²) in [5, 5.41) is 22.3. The van der Waals surface area contributed by atoms with E-state index in [2.05, 4.69) is 11.9 Å². The van der Waals surface area contributed by atoms with E-state index >= 15 is 0 Å². The number of unbranched alkanes of at least 4 members (excludes halogenated alkanes) is 3. The lowest BCUT2D eigenvalue weighted by Crippen LogP contribution is -2.23. The molecule has 0 unspecified atom stereocenters. The van der Waals surface area contributed by atoms with Gasteiger partial charge in [-0.15, -0.1) is 0 Å². The Morgan fingerprint density at radius 3 is 2.61 bits per heavy atom. The predicted molar refractivity (Wildman–Crippen MR) is 154 cm³/mol.